The molecule has 0 aromatic heterocycles. The van der Waals surface area contributed by atoms with Crippen LogP contribution in [0.1, 0.15) is 53.4 Å². The zero-order chi connectivity index (χ0) is 10.8. The minimum absolute atomic E-state index is 0.679. The van der Waals surface area contributed by atoms with E-state index in [4.69, 9.17) is 0 Å². The molecule has 0 spiro atoms. The van der Waals surface area contributed by atoms with Gasteiger partial charge in [0.15, 0.2) is 0 Å². The van der Waals surface area contributed by atoms with Crippen molar-refractivity contribution in [3.63, 3.8) is 0 Å². The maximum Gasteiger partial charge on any atom is 0.126 e. The maximum atomic E-state index is 2.43. The zero-order valence-electron chi connectivity index (χ0n) is 10.4. The Morgan fingerprint density at radius 1 is 1.00 bits per heavy atom. The summed E-state index contributed by atoms with van der Waals surface area (Å²) < 4.78 is 0. The van der Waals surface area contributed by atoms with E-state index in [1.54, 1.807) is 0 Å². The van der Waals surface area contributed by atoms with Gasteiger partial charge < -0.3 is 0 Å². The van der Waals surface area contributed by atoms with Crippen molar-refractivity contribution in [3.05, 3.63) is 11.6 Å². The highest BCUT2D eigenvalue weighted by molar-refractivity contribution is 7.96. The molecule has 14 heavy (non-hydrogen) atoms. The van der Waals surface area contributed by atoms with Crippen LogP contribution in [0.5, 0.6) is 0 Å². The molecule has 0 aliphatic rings. The lowest BCUT2D eigenvalue weighted by atomic mass is 10.3. The van der Waals surface area contributed by atoms with Gasteiger partial charge in [0.25, 0.3) is 0 Å². The molecule has 0 N–H and O–H groups in total. The lowest BCUT2D eigenvalue weighted by Crippen LogP contribution is -2.15. The SMILES string of the molecule is CCCC[S+](CC=C(C)C)CCCC. The minimum atomic E-state index is 0.679. The van der Waals surface area contributed by atoms with Crippen molar-refractivity contribution in [3.8, 4) is 0 Å². The van der Waals surface area contributed by atoms with Crippen molar-refractivity contribution in [2.45, 2.75) is 53.4 Å². The summed E-state index contributed by atoms with van der Waals surface area (Å²) in [4.78, 5) is 0. The van der Waals surface area contributed by atoms with E-state index in [1.165, 1.54) is 48.5 Å². The molecule has 84 valence electrons. The fourth-order valence-electron chi connectivity index (χ4n) is 1.25. The van der Waals surface area contributed by atoms with E-state index >= 15 is 0 Å². The number of allylic oxidation sites excluding steroid dienone is 1. The first-order chi connectivity index (χ1) is 6.70. The Balaban J connectivity index is 3.77. The van der Waals surface area contributed by atoms with Crippen molar-refractivity contribution in [1.29, 1.82) is 0 Å². The second kappa shape index (κ2) is 9.64. The monoisotopic (exact) mass is 215 g/mol. The lowest BCUT2D eigenvalue weighted by Gasteiger charge is -2.05. The third-order valence-electron chi connectivity index (χ3n) is 2.30. The zero-order valence-corrected chi connectivity index (χ0v) is 11.3. The molecular weight excluding hydrogens is 188 g/mol. The van der Waals surface area contributed by atoms with Crippen molar-refractivity contribution >= 4 is 10.9 Å². The van der Waals surface area contributed by atoms with Gasteiger partial charge in [0.1, 0.15) is 17.3 Å². The van der Waals surface area contributed by atoms with Crippen molar-refractivity contribution in [1.82, 2.24) is 0 Å². The molecule has 0 atom stereocenters. The topological polar surface area (TPSA) is 0 Å². The molecule has 0 amide bonds. The molecule has 0 aromatic rings. The normalized spacial score (nSPS) is 10.6. The van der Waals surface area contributed by atoms with E-state index in [0.29, 0.717) is 10.9 Å². The average molecular weight is 215 g/mol. The van der Waals surface area contributed by atoms with E-state index < -0.39 is 0 Å². The molecule has 0 bridgehead atoms. The van der Waals surface area contributed by atoms with Gasteiger partial charge in [-0.05, 0) is 43.7 Å². The molecule has 0 saturated carbocycles. The summed E-state index contributed by atoms with van der Waals surface area (Å²) in [5.41, 5.74) is 1.48. The predicted molar refractivity (Wildman–Crippen MR) is 71.2 cm³/mol. The minimum Gasteiger partial charge on any atom is -0.0758 e. The van der Waals surface area contributed by atoms with Gasteiger partial charge in [-0.2, -0.15) is 0 Å². The Morgan fingerprint density at radius 2 is 1.50 bits per heavy atom. The average Bonchev–Trinajstić information content (AvgIpc) is 2.16. The smallest absolute Gasteiger partial charge is 0.0758 e. The maximum absolute atomic E-state index is 2.43. The van der Waals surface area contributed by atoms with Gasteiger partial charge in [-0.1, -0.05) is 32.3 Å². The van der Waals surface area contributed by atoms with Crippen LogP contribution in [0.25, 0.3) is 0 Å². The number of unbranched alkanes of at least 4 members (excludes halogenated alkanes) is 2. The van der Waals surface area contributed by atoms with Gasteiger partial charge in [0.2, 0.25) is 0 Å². The first kappa shape index (κ1) is 14.1. The Kier molecular flexibility index (Phi) is 9.70. The van der Waals surface area contributed by atoms with E-state index in [9.17, 15) is 0 Å². The Morgan fingerprint density at radius 3 is 1.86 bits per heavy atom. The van der Waals surface area contributed by atoms with Crippen LogP contribution in [0.2, 0.25) is 0 Å². The molecule has 0 aliphatic heterocycles. The van der Waals surface area contributed by atoms with Crippen LogP contribution in [-0.2, 0) is 10.9 Å². The number of hydrogen-bond donors (Lipinski definition) is 0. The molecule has 0 radical (unpaired) electrons. The molecule has 0 aliphatic carbocycles. The summed E-state index contributed by atoms with van der Waals surface area (Å²) in [5, 5.41) is 0. The van der Waals surface area contributed by atoms with E-state index in [2.05, 4.69) is 33.8 Å². The Hall–Kier alpha value is 0.0900. The molecule has 0 saturated heterocycles. The van der Waals surface area contributed by atoms with Crippen molar-refractivity contribution in [2.75, 3.05) is 17.3 Å². The summed E-state index contributed by atoms with van der Waals surface area (Å²) in [7, 11) is 0.679. The quantitative estimate of drug-likeness (QED) is 0.421. The highest BCUT2D eigenvalue weighted by atomic mass is 32.2. The van der Waals surface area contributed by atoms with Crippen molar-refractivity contribution in [2.24, 2.45) is 0 Å². The van der Waals surface area contributed by atoms with Crippen LogP contribution >= 0.6 is 0 Å². The Labute approximate surface area is 93.5 Å². The molecule has 1 heteroatoms. The van der Waals surface area contributed by atoms with Crippen molar-refractivity contribution < 1.29 is 0 Å². The van der Waals surface area contributed by atoms with E-state index in [1.807, 2.05) is 0 Å². The van der Waals surface area contributed by atoms with E-state index in [-0.39, 0.29) is 0 Å². The third-order valence-corrected chi connectivity index (χ3v) is 4.67. The molecule has 0 aromatic carbocycles. The molecular formula is C13H27S+. The molecule has 0 fully saturated rings. The van der Waals surface area contributed by atoms with Crippen LogP contribution in [-0.4, -0.2) is 17.3 Å². The summed E-state index contributed by atoms with van der Waals surface area (Å²) in [5.74, 6) is 4.25. The fraction of sp³-hybridized carbons (Fsp3) is 0.846. The summed E-state index contributed by atoms with van der Waals surface area (Å²) >= 11 is 0. The second-order valence-electron chi connectivity index (χ2n) is 4.18. The third kappa shape index (κ3) is 8.68. The predicted octanol–water partition coefficient (Wildman–Crippen LogP) is 4.17. The lowest BCUT2D eigenvalue weighted by molar-refractivity contribution is 0.872. The van der Waals surface area contributed by atoms with Gasteiger partial charge in [-0.25, -0.2) is 0 Å². The van der Waals surface area contributed by atoms with Gasteiger partial charge >= 0.3 is 0 Å². The fourth-order valence-corrected chi connectivity index (χ4v) is 3.75. The van der Waals surface area contributed by atoms with Gasteiger partial charge in [0.05, 0.1) is 0 Å². The number of hydrogen-bond acceptors (Lipinski definition) is 0. The highest BCUT2D eigenvalue weighted by Crippen LogP contribution is 2.07. The first-order valence-corrected chi connectivity index (χ1v) is 7.71. The summed E-state index contributed by atoms with van der Waals surface area (Å²) in [6.07, 6.45) is 7.97. The summed E-state index contributed by atoms with van der Waals surface area (Å²) in [6.45, 7) is 9.01. The molecule has 0 rings (SSSR count). The number of rotatable bonds is 8. The molecule has 0 heterocycles. The Bertz CT molecular complexity index is 137. The van der Waals surface area contributed by atoms with Gasteiger partial charge in [0, 0.05) is 0 Å². The van der Waals surface area contributed by atoms with Crippen LogP contribution in [0, 0.1) is 0 Å². The van der Waals surface area contributed by atoms with Gasteiger partial charge in [-0.15, -0.1) is 0 Å². The van der Waals surface area contributed by atoms with Crippen LogP contribution in [0.4, 0.5) is 0 Å². The highest BCUT2D eigenvalue weighted by Gasteiger charge is 2.14. The van der Waals surface area contributed by atoms with Crippen LogP contribution in [0.15, 0.2) is 11.6 Å². The van der Waals surface area contributed by atoms with Crippen LogP contribution < -0.4 is 0 Å². The first-order valence-electron chi connectivity index (χ1n) is 5.98. The molecule has 0 unspecified atom stereocenters. The van der Waals surface area contributed by atoms with Gasteiger partial charge in [-0.3, -0.25) is 0 Å². The molecule has 0 nitrogen and oxygen atoms in total. The van der Waals surface area contributed by atoms with E-state index in [0.717, 1.165) is 0 Å². The standard InChI is InChI=1S/C13H27S/c1-5-7-10-14(11-8-6-2)12-9-13(3)4/h9H,5-8,10-12H2,1-4H3/q+1. The second-order valence-corrected chi connectivity index (χ2v) is 6.55. The summed E-state index contributed by atoms with van der Waals surface area (Å²) in [6, 6.07) is 0. The largest absolute Gasteiger partial charge is 0.126 e. The van der Waals surface area contributed by atoms with Crippen LogP contribution in [0.3, 0.4) is 0 Å².